The van der Waals surface area contributed by atoms with E-state index < -0.39 is 0 Å². The highest BCUT2D eigenvalue weighted by Crippen LogP contribution is 2.23. The lowest BCUT2D eigenvalue weighted by molar-refractivity contribution is 0.0743. The van der Waals surface area contributed by atoms with Gasteiger partial charge in [0, 0.05) is 51.1 Å². The molecule has 0 unspecified atom stereocenters. The van der Waals surface area contributed by atoms with Crippen LogP contribution in [0.25, 0.3) is 11.3 Å². The Hall–Kier alpha value is -3.49. The van der Waals surface area contributed by atoms with E-state index >= 15 is 0 Å². The van der Waals surface area contributed by atoms with Crippen LogP contribution in [-0.2, 0) is 7.05 Å². The van der Waals surface area contributed by atoms with Crippen LogP contribution in [0.1, 0.15) is 10.4 Å². The molecule has 0 bridgehead atoms. The van der Waals surface area contributed by atoms with Gasteiger partial charge in [0.2, 0.25) is 5.88 Å². The van der Waals surface area contributed by atoms with Crippen LogP contribution in [0.15, 0.2) is 42.9 Å². The first-order valence-electron chi connectivity index (χ1n) is 9.25. The first kappa shape index (κ1) is 18.9. The van der Waals surface area contributed by atoms with Gasteiger partial charge in [-0.25, -0.2) is 14.4 Å². The molecular formula is C20H21FN6O2. The Labute approximate surface area is 167 Å². The number of anilines is 1. The van der Waals surface area contributed by atoms with Gasteiger partial charge in [-0.05, 0) is 24.3 Å². The molecule has 9 heteroatoms. The number of carbonyl (C=O) groups excluding carboxylic acids is 1. The minimum absolute atomic E-state index is 0.0933. The fraction of sp³-hybridized carbons (Fsp3) is 0.300. The van der Waals surface area contributed by atoms with Gasteiger partial charge < -0.3 is 14.5 Å². The van der Waals surface area contributed by atoms with E-state index in [9.17, 15) is 9.18 Å². The standard InChI is InChI=1S/C20H21FN6O2/c1-25-12-16(19(24-25)29-2)20(28)27-9-7-26(8-10-27)18-11-17(22-13-23-18)14-3-5-15(21)6-4-14/h3-6,11-13H,7-10H2,1-2H3. The third-order valence-electron chi connectivity index (χ3n) is 4.90. The Morgan fingerprint density at radius 3 is 2.52 bits per heavy atom. The van der Waals surface area contributed by atoms with Crippen LogP contribution in [0.2, 0.25) is 0 Å². The summed E-state index contributed by atoms with van der Waals surface area (Å²) in [6.07, 6.45) is 3.18. The molecule has 150 valence electrons. The third kappa shape index (κ3) is 3.89. The Kier molecular flexibility index (Phi) is 5.11. The topological polar surface area (TPSA) is 76.4 Å². The molecule has 0 aliphatic carbocycles. The number of benzene rings is 1. The predicted molar refractivity (Wildman–Crippen MR) is 105 cm³/mol. The van der Waals surface area contributed by atoms with E-state index in [1.165, 1.54) is 25.6 Å². The molecule has 1 aromatic carbocycles. The monoisotopic (exact) mass is 396 g/mol. The number of hydrogen-bond acceptors (Lipinski definition) is 6. The normalized spacial score (nSPS) is 14.2. The molecule has 0 saturated carbocycles. The summed E-state index contributed by atoms with van der Waals surface area (Å²) in [5, 5.41) is 4.15. The number of hydrogen-bond donors (Lipinski definition) is 0. The maximum absolute atomic E-state index is 13.2. The number of aromatic nitrogens is 4. The Balaban J connectivity index is 1.45. The van der Waals surface area contributed by atoms with Crippen LogP contribution in [0.3, 0.4) is 0 Å². The number of aryl methyl sites for hydroxylation is 1. The molecule has 1 aliphatic rings. The van der Waals surface area contributed by atoms with Crippen LogP contribution < -0.4 is 9.64 Å². The number of nitrogens with zero attached hydrogens (tertiary/aromatic N) is 6. The van der Waals surface area contributed by atoms with Crippen molar-refractivity contribution in [2.24, 2.45) is 7.05 Å². The highest BCUT2D eigenvalue weighted by Gasteiger charge is 2.26. The number of rotatable bonds is 4. The molecule has 8 nitrogen and oxygen atoms in total. The molecule has 0 spiro atoms. The molecule has 3 heterocycles. The van der Waals surface area contributed by atoms with E-state index in [-0.39, 0.29) is 11.7 Å². The lowest BCUT2D eigenvalue weighted by Gasteiger charge is -2.35. The van der Waals surface area contributed by atoms with E-state index in [1.54, 1.807) is 35.0 Å². The zero-order valence-corrected chi connectivity index (χ0v) is 16.2. The SMILES string of the molecule is COc1nn(C)cc1C(=O)N1CCN(c2cc(-c3ccc(F)cc3)ncn2)CC1. The van der Waals surface area contributed by atoms with Crippen LogP contribution in [-0.4, -0.2) is 63.8 Å². The highest BCUT2D eigenvalue weighted by molar-refractivity contribution is 5.96. The van der Waals surface area contributed by atoms with Gasteiger partial charge in [-0.2, -0.15) is 0 Å². The number of amides is 1. The number of carbonyl (C=O) groups is 1. The molecule has 0 N–H and O–H groups in total. The van der Waals surface area contributed by atoms with E-state index in [2.05, 4.69) is 20.0 Å². The minimum Gasteiger partial charge on any atom is -0.479 e. The van der Waals surface area contributed by atoms with Crippen molar-refractivity contribution in [3.05, 3.63) is 54.2 Å². The average Bonchev–Trinajstić information content (AvgIpc) is 3.15. The summed E-state index contributed by atoms with van der Waals surface area (Å²) in [7, 11) is 3.26. The molecule has 2 aromatic heterocycles. The Morgan fingerprint density at radius 1 is 1.10 bits per heavy atom. The second-order valence-corrected chi connectivity index (χ2v) is 6.77. The quantitative estimate of drug-likeness (QED) is 0.671. The molecule has 1 saturated heterocycles. The van der Waals surface area contributed by atoms with E-state index in [1.807, 2.05) is 6.07 Å². The van der Waals surface area contributed by atoms with Crippen molar-refractivity contribution in [1.82, 2.24) is 24.6 Å². The van der Waals surface area contributed by atoms with Crippen molar-refractivity contribution < 1.29 is 13.9 Å². The van der Waals surface area contributed by atoms with Gasteiger partial charge in [0.15, 0.2) is 0 Å². The van der Waals surface area contributed by atoms with Gasteiger partial charge in [0.05, 0.1) is 12.8 Å². The van der Waals surface area contributed by atoms with Gasteiger partial charge >= 0.3 is 0 Å². The first-order valence-corrected chi connectivity index (χ1v) is 9.25. The van der Waals surface area contributed by atoms with Crippen molar-refractivity contribution in [2.45, 2.75) is 0 Å². The number of halogens is 1. The number of methoxy groups -OCH3 is 1. The maximum atomic E-state index is 13.2. The van der Waals surface area contributed by atoms with E-state index in [0.717, 1.165) is 17.1 Å². The predicted octanol–water partition coefficient (Wildman–Crippen LogP) is 1.99. The third-order valence-corrected chi connectivity index (χ3v) is 4.90. The largest absolute Gasteiger partial charge is 0.479 e. The van der Waals surface area contributed by atoms with Crippen LogP contribution in [0, 0.1) is 5.82 Å². The summed E-state index contributed by atoms with van der Waals surface area (Å²) < 4.78 is 19.9. The van der Waals surface area contributed by atoms with E-state index in [4.69, 9.17) is 4.74 Å². The minimum atomic E-state index is -0.283. The second-order valence-electron chi connectivity index (χ2n) is 6.77. The van der Waals surface area contributed by atoms with Gasteiger partial charge in [0.1, 0.15) is 23.5 Å². The first-order chi connectivity index (χ1) is 14.0. The molecule has 0 radical (unpaired) electrons. The summed E-state index contributed by atoms with van der Waals surface area (Å²) in [6, 6.07) is 8.09. The summed E-state index contributed by atoms with van der Waals surface area (Å²) in [5.41, 5.74) is 2.02. The Bertz CT molecular complexity index is 1010. The van der Waals surface area contributed by atoms with Crippen molar-refractivity contribution >= 4 is 11.7 Å². The maximum Gasteiger partial charge on any atom is 0.261 e. The zero-order valence-electron chi connectivity index (χ0n) is 16.2. The lowest BCUT2D eigenvalue weighted by Crippen LogP contribution is -2.49. The molecule has 1 aliphatic heterocycles. The van der Waals surface area contributed by atoms with Crippen LogP contribution in [0.4, 0.5) is 10.2 Å². The molecule has 3 aromatic rings. The fourth-order valence-corrected chi connectivity index (χ4v) is 3.37. The van der Waals surface area contributed by atoms with Crippen LogP contribution >= 0.6 is 0 Å². The molecule has 1 fully saturated rings. The van der Waals surface area contributed by atoms with Gasteiger partial charge in [-0.3, -0.25) is 9.48 Å². The van der Waals surface area contributed by atoms with Crippen molar-refractivity contribution in [1.29, 1.82) is 0 Å². The van der Waals surface area contributed by atoms with Gasteiger partial charge in [-0.1, -0.05) is 0 Å². The van der Waals surface area contributed by atoms with Crippen molar-refractivity contribution in [3.63, 3.8) is 0 Å². The Morgan fingerprint density at radius 2 is 1.83 bits per heavy atom. The number of piperazine rings is 1. The van der Waals surface area contributed by atoms with Crippen molar-refractivity contribution in [2.75, 3.05) is 38.2 Å². The van der Waals surface area contributed by atoms with Crippen LogP contribution in [0.5, 0.6) is 5.88 Å². The summed E-state index contributed by atoms with van der Waals surface area (Å²) in [6.45, 7) is 2.42. The summed E-state index contributed by atoms with van der Waals surface area (Å²) in [4.78, 5) is 25.4. The smallest absolute Gasteiger partial charge is 0.261 e. The summed E-state index contributed by atoms with van der Waals surface area (Å²) in [5.74, 6) is 0.739. The molecule has 4 rings (SSSR count). The fourth-order valence-electron chi connectivity index (χ4n) is 3.37. The molecule has 29 heavy (non-hydrogen) atoms. The van der Waals surface area contributed by atoms with Crippen molar-refractivity contribution in [3.8, 4) is 17.1 Å². The highest BCUT2D eigenvalue weighted by atomic mass is 19.1. The molecular weight excluding hydrogens is 375 g/mol. The van der Waals surface area contributed by atoms with E-state index in [0.29, 0.717) is 37.6 Å². The zero-order chi connectivity index (χ0) is 20.4. The second kappa shape index (κ2) is 7.86. The average molecular weight is 396 g/mol. The molecule has 0 atom stereocenters. The summed E-state index contributed by atoms with van der Waals surface area (Å²) >= 11 is 0. The van der Waals surface area contributed by atoms with Gasteiger partial charge in [0.25, 0.3) is 5.91 Å². The number of ether oxygens (including phenoxy) is 1. The lowest BCUT2D eigenvalue weighted by atomic mass is 10.1. The van der Waals surface area contributed by atoms with Gasteiger partial charge in [-0.15, -0.1) is 5.10 Å². The molecule has 1 amide bonds.